The van der Waals surface area contributed by atoms with Crippen molar-refractivity contribution >= 4 is 15.7 Å². The summed E-state index contributed by atoms with van der Waals surface area (Å²) in [6.45, 7) is 3.32. The minimum absolute atomic E-state index is 0.0543. The summed E-state index contributed by atoms with van der Waals surface area (Å²) in [5, 5.41) is 1.54. The summed E-state index contributed by atoms with van der Waals surface area (Å²) in [4.78, 5) is 0. The van der Waals surface area contributed by atoms with Gasteiger partial charge in [-0.1, -0.05) is 6.92 Å². The predicted octanol–water partition coefficient (Wildman–Crippen LogP) is 2.12. The zero-order chi connectivity index (χ0) is 16.4. The number of halogens is 5. The molecule has 0 aliphatic carbocycles. The molecule has 1 atom stereocenters. The molecule has 4 nitrogen and oxygen atoms in total. The first kappa shape index (κ1) is 17.6. The maximum atomic E-state index is 13.4. The maximum absolute atomic E-state index is 13.4. The topological polar surface area (TPSA) is 58.2 Å². The number of sulfonamides is 1. The lowest BCUT2D eigenvalue weighted by atomic mass is 10.2. The highest BCUT2D eigenvalue weighted by molar-refractivity contribution is 7.93. The molecule has 10 heteroatoms. The highest BCUT2D eigenvalue weighted by Crippen LogP contribution is 2.28. The number of anilines is 1. The molecule has 0 radical (unpaired) electrons. The largest absolute Gasteiger partial charge is 0.316 e. The molecular formula is C11H13F5N2O2S. The first-order chi connectivity index (χ1) is 9.63. The van der Waals surface area contributed by atoms with Gasteiger partial charge in [0.05, 0.1) is 5.25 Å². The molecule has 1 unspecified atom stereocenters. The molecule has 1 aromatic carbocycles. The summed E-state index contributed by atoms with van der Waals surface area (Å²) < 4.78 is 90.6. The van der Waals surface area contributed by atoms with Crippen LogP contribution in [0.15, 0.2) is 0 Å². The second kappa shape index (κ2) is 6.56. The Kier molecular flexibility index (Phi) is 5.51. The van der Waals surface area contributed by atoms with Crippen molar-refractivity contribution in [3.8, 4) is 0 Å². The highest BCUT2D eigenvalue weighted by Gasteiger charge is 2.30. The standard InChI is InChI=1S/C11H13F5N2O2S/c1-3-17-4-5(2)21(19,20)18-11-9(15)7(13)6(12)8(14)10(11)16/h5,17-18H,3-4H2,1-2H3. The van der Waals surface area contributed by atoms with Gasteiger partial charge in [0.1, 0.15) is 5.69 Å². The second-order valence-electron chi connectivity index (χ2n) is 4.21. The predicted molar refractivity (Wildman–Crippen MR) is 66.8 cm³/mol. The SMILES string of the molecule is CCNCC(C)S(=O)(=O)Nc1c(F)c(F)c(F)c(F)c1F. The van der Waals surface area contributed by atoms with Crippen LogP contribution in [0.3, 0.4) is 0 Å². The Morgan fingerprint density at radius 1 is 0.952 bits per heavy atom. The van der Waals surface area contributed by atoms with E-state index in [4.69, 9.17) is 0 Å². The van der Waals surface area contributed by atoms with Crippen molar-refractivity contribution in [1.82, 2.24) is 5.32 Å². The fourth-order valence-electron chi connectivity index (χ4n) is 1.39. The normalized spacial score (nSPS) is 13.3. The molecule has 0 heterocycles. The monoisotopic (exact) mass is 332 g/mol. The molecule has 0 aliphatic heterocycles. The van der Waals surface area contributed by atoms with Crippen LogP contribution in [-0.4, -0.2) is 26.8 Å². The molecule has 1 rings (SSSR count). The molecule has 1 aromatic rings. The van der Waals surface area contributed by atoms with Crippen molar-refractivity contribution in [2.45, 2.75) is 19.1 Å². The van der Waals surface area contributed by atoms with E-state index < -0.39 is 50.0 Å². The summed E-state index contributed by atoms with van der Waals surface area (Å²) >= 11 is 0. The summed E-state index contributed by atoms with van der Waals surface area (Å²) in [5.41, 5.74) is -1.59. The number of benzene rings is 1. The van der Waals surface area contributed by atoms with E-state index >= 15 is 0 Å². The van der Waals surface area contributed by atoms with Gasteiger partial charge in [-0.25, -0.2) is 30.4 Å². The fraction of sp³-hybridized carbons (Fsp3) is 0.455. The quantitative estimate of drug-likeness (QED) is 0.477. The Bertz CT molecular complexity index is 607. The molecule has 0 bridgehead atoms. The maximum Gasteiger partial charge on any atom is 0.236 e. The number of hydrogen-bond acceptors (Lipinski definition) is 3. The summed E-state index contributed by atoms with van der Waals surface area (Å²) in [6.07, 6.45) is 0. The van der Waals surface area contributed by atoms with Gasteiger partial charge in [0, 0.05) is 6.54 Å². The lowest BCUT2D eigenvalue weighted by Gasteiger charge is -2.16. The average molecular weight is 332 g/mol. The van der Waals surface area contributed by atoms with Crippen LogP contribution in [0, 0.1) is 29.1 Å². The van der Waals surface area contributed by atoms with Crippen LogP contribution in [0.1, 0.15) is 13.8 Å². The third kappa shape index (κ3) is 3.62. The van der Waals surface area contributed by atoms with Crippen LogP contribution in [-0.2, 0) is 10.0 Å². The Labute approximate surface area is 118 Å². The molecule has 2 N–H and O–H groups in total. The molecule has 21 heavy (non-hydrogen) atoms. The first-order valence-electron chi connectivity index (χ1n) is 5.87. The fourth-order valence-corrected chi connectivity index (χ4v) is 2.40. The van der Waals surface area contributed by atoms with Gasteiger partial charge in [0.15, 0.2) is 23.3 Å². The summed E-state index contributed by atoms with van der Waals surface area (Å²) in [7, 11) is -4.33. The van der Waals surface area contributed by atoms with Gasteiger partial charge < -0.3 is 5.32 Å². The van der Waals surface area contributed by atoms with Crippen molar-refractivity contribution in [1.29, 1.82) is 0 Å². The molecular weight excluding hydrogens is 319 g/mol. The van der Waals surface area contributed by atoms with Crippen LogP contribution in [0.25, 0.3) is 0 Å². The van der Waals surface area contributed by atoms with Gasteiger partial charge in [-0.15, -0.1) is 0 Å². The number of rotatable bonds is 6. The van der Waals surface area contributed by atoms with E-state index in [9.17, 15) is 30.4 Å². The first-order valence-corrected chi connectivity index (χ1v) is 7.41. The third-order valence-electron chi connectivity index (χ3n) is 2.67. The Balaban J connectivity index is 3.20. The van der Waals surface area contributed by atoms with E-state index in [-0.39, 0.29) is 6.54 Å². The van der Waals surface area contributed by atoms with Gasteiger partial charge in [0.25, 0.3) is 0 Å². The van der Waals surface area contributed by atoms with Gasteiger partial charge in [-0.2, -0.15) is 0 Å². The van der Waals surface area contributed by atoms with E-state index in [0.717, 1.165) is 0 Å². The van der Waals surface area contributed by atoms with E-state index in [1.165, 1.54) is 11.6 Å². The van der Waals surface area contributed by atoms with Crippen LogP contribution < -0.4 is 10.0 Å². The highest BCUT2D eigenvalue weighted by atomic mass is 32.2. The molecule has 0 aromatic heterocycles. The van der Waals surface area contributed by atoms with E-state index in [0.29, 0.717) is 6.54 Å². The second-order valence-corrected chi connectivity index (χ2v) is 6.31. The lowest BCUT2D eigenvalue weighted by molar-refractivity contribution is 0.382. The van der Waals surface area contributed by atoms with E-state index in [1.807, 2.05) is 0 Å². The number of nitrogens with one attached hydrogen (secondary N) is 2. The van der Waals surface area contributed by atoms with Gasteiger partial charge in [0.2, 0.25) is 15.8 Å². The molecule has 0 saturated carbocycles. The van der Waals surface area contributed by atoms with Gasteiger partial charge >= 0.3 is 0 Å². The third-order valence-corrected chi connectivity index (χ3v) is 4.38. The Morgan fingerprint density at radius 3 is 1.81 bits per heavy atom. The zero-order valence-corrected chi connectivity index (χ0v) is 11.9. The molecule has 0 amide bonds. The van der Waals surface area contributed by atoms with Crippen molar-refractivity contribution in [3.05, 3.63) is 29.1 Å². The molecule has 0 fully saturated rings. The summed E-state index contributed by atoms with van der Waals surface area (Å²) in [5.74, 6) is -11.2. The minimum Gasteiger partial charge on any atom is -0.316 e. The van der Waals surface area contributed by atoms with Gasteiger partial charge in [-0.3, -0.25) is 4.72 Å². The molecule has 120 valence electrons. The molecule has 0 spiro atoms. The smallest absolute Gasteiger partial charge is 0.236 e. The number of hydrogen-bond donors (Lipinski definition) is 2. The summed E-state index contributed by atoms with van der Waals surface area (Å²) in [6, 6.07) is 0. The Morgan fingerprint density at radius 2 is 1.38 bits per heavy atom. The minimum atomic E-state index is -4.33. The van der Waals surface area contributed by atoms with Crippen molar-refractivity contribution in [2.75, 3.05) is 17.8 Å². The van der Waals surface area contributed by atoms with Crippen molar-refractivity contribution < 1.29 is 30.4 Å². The zero-order valence-electron chi connectivity index (χ0n) is 11.1. The average Bonchev–Trinajstić information content (AvgIpc) is 2.45. The van der Waals surface area contributed by atoms with Crippen LogP contribution >= 0.6 is 0 Å². The van der Waals surface area contributed by atoms with E-state index in [1.54, 1.807) is 6.92 Å². The Hall–Kier alpha value is -1.42. The van der Waals surface area contributed by atoms with Crippen LogP contribution in [0.2, 0.25) is 0 Å². The van der Waals surface area contributed by atoms with E-state index in [2.05, 4.69) is 5.32 Å². The molecule has 0 saturated heterocycles. The van der Waals surface area contributed by atoms with Gasteiger partial charge in [-0.05, 0) is 13.5 Å². The van der Waals surface area contributed by atoms with Crippen LogP contribution in [0.5, 0.6) is 0 Å². The lowest BCUT2D eigenvalue weighted by Crippen LogP contribution is -2.35. The van der Waals surface area contributed by atoms with Crippen molar-refractivity contribution in [2.24, 2.45) is 0 Å². The van der Waals surface area contributed by atoms with Crippen molar-refractivity contribution in [3.63, 3.8) is 0 Å². The molecule has 0 aliphatic rings. The van der Waals surface area contributed by atoms with Crippen LogP contribution in [0.4, 0.5) is 27.6 Å².